The number of nitrogens with zero attached hydrogens (tertiary/aromatic N) is 2. The number of hydrogen-bond donors (Lipinski definition) is 0. The second-order valence-electron chi connectivity index (χ2n) is 7.17. The van der Waals surface area contributed by atoms with Crippen molar-refractivity contribution in [2.45, 2.75) is 19.4 Å². The summed E-state index contributed by atoms with van der Waals surface area (Å²) in [7, 11) is 1.79. The molecule has 0 aliphatic carbocycles. The van der Waals surface area contributed by atoms with Crippen LogP contribution in [0, 0.1) is 12.8 Å². The highest BCUT2D eigenvalue weighted by Crippen LogP contribution is 2.28. The zero-order valence-corrected chi connectivity index (χ0v) is 15.6. The van der Waals surface area contributed by atoms with Gasteiger partial charge in [-0.15, -0.1) is 0 Å². The van der Waals surface area contributed by atoms with Crippen LogP contribution in [0.5, 0.6) is 0 Å². The molecule has 1 aromatic heterocycles. The van der Waals surface area contributed by atoms with Crippen molar-refractivity contribution in [3.05, 3.63) is 34.5 Å². The van der Waals surface area contributed by atoms with E-state index < -0.39 is 0 Å². The summed E-state index contributed by atoms with van der Waals surface area (Å²) in [5, 5.41) is 1.52. The number of hydrogen-bond acceptors (Lipinski definition) is 4. The SMILES string of the molecule is Cc1cc2occ(CC(=O)N3C[C@@H]4COC[C@H](C3)N(C)C4=O)c2cc1Cl. The fraction of sp³-hybridized carbons (Fsp3) is 0.474. The molecule has 0 unspecified atom stereocenters. The number of benzene rings is 1. The van der Waals surface area contributed by atoms with Gasteiger partial charge in [0.1, 0.15) is 5.58 Å². The summed E-state index contributed by atoms with van der Waals surface area (Å²) in [5.74, 6) is -0.252. The van der Waals surface area contributed by atoms with Crippen molar-refractivity contribution in [3.8, 4) is 0 Å². The summed E-state index contributed by atoms with van der Waals surface area (Å²) in [4.78, 5) is 28.9. The molecule has 2 aromatic rings. The fourth-order valence-corrected chi connectivity index (χ4v) is 3.88. The second kappa shape index (κ2) is 6.59. The summed E-state index contributed by atoms with van der Waals surface area (Å²) in [5.41, 5.74) is 2.48. The minimum absolute atomic E-state index is 0.00982. The van der Waals surface area contributed by atoms with Crippen LogP contribution in [0.3, 0.4) is 0 Å². The molecule has 2 fully saturated rings. The molecule has 2 saturated heterocycles. The third kappa shape index (κ3) is 2.97. The first kappa shape index (κ1) is 17.4. The Morgan fingerprint density at radius 1 is 1.31 bits per heavy atom. The molecule has 2 amide bonds. The van der Waals surface area contributed by atoms with E-state index in [0.717, 1.165) is 22.1 Å². The van der Waals surface area contributed by atoms with E-state index in [4.69, 9.17) is 20.8 Å². The van der Waals surface area contributed by atoms with Crippen LogP contribution in [0.4, 0.5) is 0 Å². The van der Waals surface area contributed by atoms with Gasteiger partial charge in [0.2, 0.25) is 11.8 Å². The van der Waals surface area contributed by atoms with Gasteiger partial charge in [-0.2, -0.15) is 0 Å². The largest absolute Gasteiger partial charge is 0.464 e. The number of rotatable bonds is 2. The third-order valence-corrected chi connectivity index (χ3v) is 5.78. The standard InChI is InChI=1S/C19H21ClN2O4/c1-11-3-17-15(5-16(11)20)12(9-26-17)4-18(23)22-6-13-8-25-10-14(7-22)21(2)19(13)24/h3,5,9,13-14H,4,6-8,10H2,1-2H3/t13-,14+/m1/s1. The Morgan fingerprint density at radius 3 is 2.92 bits per heavy atom. The van der Waals surface area contributed by atoms with Crippen LogP contribution >= 0.6 is 11.6 Å². The monoisotopic (exact) mass is 376 g/mol. The van der Waals surface area contributed by atoms with E-state index in [1.807, 2.05) is 19.1 Å². The Balaban J connectivity index is 1.57. The Hall–Kier alpha value is -2.05. The van der Waals surface area contributed by atoms with Crippen molar-refractivity contribution < 1.29 is 18.7 Å². The predicted octanol–water partition coefficient (Wildman–Crippen LogP) is 2.25. The molecule has 7 heteroatoms. The highest BCUT2D eigenvalue weighted by Gasteiger charge is 2.38. The second-order valence-corrected chi connectivity index (χ2v) is 7.58. The number of ether oxygens (including phenoxy) is 1. The first-order chi connectivity index (χ1) is 12.4. The van der Waals surface area contributed by atoms with Crippen LogP contribution < -0.4 is 0 Å². The number of carbonyl (C=O) groups excluding carboxylic acids is 2. The van der Waals surface area contributed by atoms with Crippen molar-refractivity contribution in [1.82, 2.24) is 9.80 Å². The topological polar surface area (TPSA) is 63.0 Å². The lowest BCUT2D eigenvalue weighted by atomic mass is 10.1. The van der Waals surface area contributed by atoms with Gasteiger partial charge in [-0.05, 0) is 24.6 Å². The molecule has 1 aromatic carbocycles. The summed E-state index contributed by atoms with van der Waals surface area (Å²) in [6.07, 6.45) is 1.85. The number of amides is 2. The average molecular weight is 377 g/mol. The van der Waals surface area contributed by atoms with Gasteiger partial charge >= 0.3 is 0 Å². The van der Waals surface area contributed by atoms with E-state index in [2.05, 4.69) is 0 Å². The number of furan rings is 1. The zero-order chi connectivity index (χ0) is 18.4. The van der Waals surface area contributed by atoms with Gasteiger partial charge in [0.25, 0.3) is 0 Å². The van der Waals surface area contributed by atoms with Crippen molar-refractivity contribution in [1.29, 1.82) is 0 Å². The van der Waals surface area contributed by atoms with Crippen molar-refractivity contribution >= 4 is 34.4 Å². The molecule has 6 nitrogen and oxygen atoms in total. The maximum atomic E-state index is 12.9. The van der Waals surface area contributed by atoms with E-state index in [-0.39, 0.29) is 30.2 Å². The summed E-state index contributed by atoms with van der Waals surface area (Å²) >= 11 is 6.23. The fourth-order valence-electron chi connectivity index (χ4n) is 3.72. The number of likely N-dealkylation sites (N-methyl/N-ethyl adjacent to an activating group) is 1. The van der Waals surface area contributed by atoms with E-state index in [0.29, 0.717) is 31.3 Å². The van der Waals surface area contributed by atoms with Crippen LogP contribution in [0.15, 0.2) is 22.8 Å². The number of halogens is 1. The van der Waals surface area contributed by atoms with Crippen molar-refractivity contribution in [2.75, 3.05) is 33.4 Å². The van der Waals surface area contributed by atoms with Crippen LogP contribution in [-0.4, -0.2) is 61.0 Å². The highest BCUT2D eigenvalue weighted by molar-refractivity contribution is 6.32. The quantitative estimate of drug-likeness (QED) is 0.806. The maximum absolute atomic E-state index is 12.9. The van der Waals surface area contributed by atoms with Gasteiger partial charge in [0, 0.05) is 36.1 Å². The summed E-state index contributed by atoms with van der Waals surface area (Å²) < 4.78 is 11.2. The molecular weight excluding hydrogens is 356 g/mol. The molecule has 2 aliphatic heterocycles. The predicted molar refractivity (Wildman–Crippen MR) is 97.1 cm³/mol. The molecule has 4 rings (SSSR count). The molecule has 26 heavy (non-hydrogen) atoms. The zero-order valence-electron chi connectivity index (χ0n) is 14.8. The molecule has 0 saturated carbocycles. The molecule has 0 spiro atoms. The molecule has 3 heterocycles. The van der Waals surface area contributed by atoms with Gasteiger partial charge in [0.05, 0.1) is 37.9 Å². The first-order valence-electron chi connectivity index (χ1n) is 8.72. The number of fused-ring (bicyclic) bond motifs is 4. The van der Waals surface area contributed by atoms with E-state index in [9.17, 15) is 9.59 Å². The third-order valence-electron chi connectivity index (χ3n) is 5.38. The van der Waals surface area contributed by atoms with E-state index in [1.54, 1.807) is 23.1 Å². The maximum Gasteiger partial charge on any atom is 0.229 e. The molecule has 2 aliphatic rings. The van der Waals surface area contributed by atoms with Crippen molar-refractivity contribution in [3.63, 3.8) is 0 Å². The molecule has 2 atom stereocenters. The molecule has 0 N–H and O–H groups in total. The van der Waals surface area contributed by atoms with Gasteiger partial charge < -0.3 is 19.0 Å². The number of aryl methyl sites for hydroxylation is 1. The van der Waals surface area contributed by atoms with Gasteiger partial charge in [-0.3, -0.25) is 9.59 Å². The minimum atomic E-state index is -0.297. The van der Waals surface area contributed by atoms with Crippen LogP contribution in [-0.2, 0) is 20.7 Å². The normalized spacial score (nSPS) is 23.4. The molecule has 138 valence electrons. The lowest BCUT2D eigenvalue weighted by Gasteiger charge is -2.29. The highest BCUT2D eigenvalue weighted by atomic mass is 35.5. The van der Waals surface area contributed by atoms with E-state index in [1.165, 1.54) is 0 Å². The lowest BCUT2D eigenvalue weighted by Crippen LogP contribution is -2.45. The van der Waals surface area contributed by atoms with Gasteiger partial charge in [-0.25, -0.2) is 0 Å². The van der Waals surface area contributed by atoms with Crippen LogP contribution in [0.25, 0.3) is 11.0 Å². The number of carbonyl (C=O) groups is 2. The van der Waals surface area contributed by atoms with E-state index >= 15 is 0 Å². The van der Waals surface area contributed by atoms with Crippen molar-refractivity contribution in [2.24, 2.45) is 5.92 Å². The summed E-state index contributed by atoms with van der Waals surface area (Å²) in [6.45, 7) is 3.64. The Bertz CT molecular complexity index is 878. The Morgan fingerprint density at radius 2 is 2.12 bits per heavy atom. The van der Waals surface area contributed by atoms with Gasteiger partial charge in [-0.1, -0.05) is 11.6 Å². The smallest absolute Gasteiger partial charge is 0.229 e. The average Bonchev–Trinajstić information content (AvgIpc) is 2.84. The summed E-state index contributed by atoms with van der Waals surface area (Å²) in [6, 6.07) is 3.63. The molecular formula is C19H21ClN2O4. The lowest BCUT2D eigenvalue weighted by molar-refractivity contribution is -0.134. The van der Waals surface area contributed by atoms with Gasteiger partial charge in [0.15, 0.2) is 0 Å². The van der Waals surface area contributed by atoms with Crippen LogP contribution in [0.1, 0.15) is 11.1 Å². The Kier molecular flexibility index (Phi) is 4.40. The Labute approximate surface area is 156 Å². The van der Waals surface area contributed by atoms with Crippen LogP contribution in [0.2, 0.25) is 5.02 Å². The molecule has 2 bridgehead atoms. The molecule has 0 radical (unpaired) electrons. The minimum Gasteiger partial charge on any atom is -0.464 e. The first-order valence-corrected chi connectivity index (χ1v) is 9.10.